The first-order chi connectivity index (χ1) is 15.2. The number of carbonyl (C=O) groups excluding carboxylic acids is 1. The number of carbonyl (C=O) groups is 1. The Morgan fingerprint density at radius 1 is 0.969 bits per heavy atom. The van der Waals surface area contributed by atoms with Crippen LogP contribution in [-0.4, -0.2) is 69.9 Å². The smallest absolute Gasteiger partial charge is 0.336 e. The summed E-state index contributed by atoms with van der Waals surface area (Å²) >= 11 is 0. The van der Waals surface area contributed by atoms with Gasteiger partial charge in [-0.3, -0.25) is 4.79 Å². The number of aromatic nitrogens is 4. The molecule has 4 rings (SSSR count). The summed E-state index contributed by atoms with van der Waals surface area (Å²) in [5, 5.41) is 10.9. The Labute approximate surface area is 181 Å². The van der Waals surface area contributed by atoms with E-state index in [9.17, 15) is 26.4 Å². The predicted octanol–water partition coefficient (Wildman–Crippen LogP) is 1.83. The third-order valence-corrected chi connectivity index (χ3v) is 6.96. The Hall–Kier alpha value is -3.32. The van der Waals surface area contributed by atoms with Crippen molar-refractivity contribution in [3.8, 4) is 5.69 Å². The highest BCUT2D eigenvalue weighted by atomic mass is 32.2. The lowest BCUT2D eigenvalue weighted by atomic mass is 10.1. The number of halogens is 3. The normalized spacial score (nSPS) is 15.7. The van der Waals surface area contributed by atoms with Crippen LogP contribution >= 0.6 is 0 Å². The minimum Gasteiger partial charge on any atom is -0.336 e. The molecule has 0 radical (unpaired) electrons. The highest BCUT2D eigenvalue weighted by molar-refractivity contribution is 7.89. The standard InChI is InChI=1S/C19H17F3N6O3S/c20-19(21,22)15-4-6-17(7-5-15)32(30,31)27-10-8-26(9-11-27)18(29)14-2-1-3-16(12-14)28-13-23-24-25-28/h1-7,12-13H,8-11H2. The van der Waals surface area contributed by atoms with E-state index in [-0.39, 0.29) is 37.0 Å². The first-order valence-corrected chi connectivity index (χ1v) is 10.9. The SMILES string of the molecule is O=C(c1cccc(-n2cnnn2)c1)N1CCN(S(=O)(=O)c2ccc(C(F)(F)F)cc2)CC1. The third kappa shape index (κ3) is 4.34. The minimum absolute atomic E-state index is 0.0295. The lowest BCUT2D eigenvalue weighted by molar-refractivity contribution is -0.137. The van der Waals surface area contributed by atoms with Gasteiger partial charge in [-0.25, -0.2) is 13.1 Å². The van der Waals surface area contributed by atoms with E-state index in [0.29, 0.717) is 11.3 Å². The van der Waals surface area contributed by atoms with Crippen LogP contribution in [-0.2, 0) is 16.2 Å². The quantitative estimate of drug-likeness (QED) is 0.582. The van der Waals surface area contributed by atoms with Crippen molar-refractivity contribution in [3.63, 3.8) is 0 Å². The average Bonchev–Trinajstić information content (AvgIpc) is 3.33. The molecule has 0 N–H and O–H groups in total. The van der Waals surface area contributed by atoms with Crippen molar-refractivity contribution in [2.45, 2.75) is 11.1 Å². The number of benzene rings is 2. The zero-order valence-electron chi connectivity index (χ0n) is 16.5. The molecule has 32 heavy (non-hydrogen) atoms. The van der Waals surface area contributed by atoms with Crippen LogP contribution in [0.1, 0.15) is 15.9 Å². The molecule has 1 saturated heterocycles. The first kappa shape index (κ1) is 21.9. The fourth-order valence-electron chi connectivity index (χ4n) is 3.34. The van der Waals surface area contributed by atoms with Gasteiger partial charge in [-0.2, -0.15) is 17.5 Å². The summed E-state index contributed by atoms with van der Waals surface area (Å²) in [5.41, 5.74) is 0.0807. The summed E-state index contributed by atoms with van der Waals surface area (Å²) in [5.74, 6) is -0.272. The third-order valence-electron chi connectivity index (χ3n) is 5.05. The molecule has 0 bridgehead atoms. The zero-order chi connectivity index (χ0) is 22.9. The number of alkyl halides is 3. The van der Waals surface area contributed by atoms with Crippen molar-refractivity contribution in [1.29, 1.82) is 0 Å². The van der Waals surface area contributed by atoms with E-state index >= 15 is 0 Å². The molecule has 1 aliphatic rings. The summed E-state index contributed by atoms with van der Waals surface area (Å²) in [6.45, 7) is 0.352. The Morgan fingerprint density at radius 3 is 2.25 bits per heavy atom. The van der Waals surface area contributed by atoms with E-state index in [0.717, 1.165) is 28.6 Å². The Morgan fingerprint density at radius 2 is 1.66 bits per heavy atom. The molecule has 2 heterocycles. The Bertz CT molecular complexity index is 1210. The molecule has 13 heteroatoms. The number of amides is 1. The second-order valence-electron chi connectivity index (χ2n) is 7.02. The van der Waals surface area contributed by atoms with Crippen molar-refractivity contribution in [2.24, 2.45) is 0 Å². The maximum absolute atomic E-state index is 12.9. The van der Waals surface area contributed by atoms with Gasteiger partial charge >= 0.3 is 6.18 Å². The summed E-state index contributed by atoms with van der Waals surface area (Å²) in [6.07, 6.45) is -3.15. The molecule has 0 unspecified atom stereocenters. The van der Waals surface area contributed by atoms with Gasteiger partial charge in [0, 0.05) is 31.7 Å². The Kier molecular flexibility index (Phi) is 5.69. The molecule has 9 nitrogen and oxygen atoms in total. The molecule has 1 fully saturated rings. The minimum atomic E-state index is -4.55. The number of hydrogen-bond acceptors (Lipinski definition) is 6. The van der Waals surface area contributed by atoms with Crippen LogP contribution in [0.5, 0.6) is 0 Å². The van der Waals surface area contributed by atoms with E-state index in [1.165, 1.54) is 15.9 Å². The van der Waals surface area contributed by atoms with Crippen molar-refractivity contribution in [3.05, 3.63) is 66.0 Å². The first-order valence-electron chi connectivity index (χ1n) is 9.46. The second-order valence-corrected chi connectivity index (χ2v) is 8.96. The predicted molar refractivity (Wildman–Crippen MR) is 105 cm³/mol. The summed E-state index contributed by atoms with van der Waals surface area (Å²) in [6, 6.07) is 10.1. The second kappa shape index (κ2) is 8.31. The molecule has 168 valence electrons. The van der Waals surface area contributed by atoms with Crippen LogP contribution in [0.4, 0.5) is 13.2 Å². The van der Waals surface area contributed by atoms with E-state index in [4.69, 9.17) is 0 Å². The van der Waals surface area contributed by atoms with E-state index < -0.39 is 21.8 Å². The van der Waals surface area contributed by atoms with Crippen LogP contribution < -0.4 is 0 Å². The molecule has 2 aromatic carbocycles. The summed E-state index contributed by atoms with van der Waals surface area (Å²) in [4.78, 5) is 14.2. The van der Waals surface area contributed by atoms with Crippen molar-refractivity contribution >= 4 is 15.9 Å². The van der Waals surface area contributed by atoms with Crippen LogP contribution in [0.25, 0.3) is 5.69 Å². The topological polar surface area (TPSA) is 101 Å². The van der Waals surface area contributed by atoms with Gasteiger partial charge in [-0.1, -0.05) is 6.07 Å². The van der Waals surface area contributed by atoms with Crippen LogP contribution in [0.2, 0.25) is 0 Å². The average molecular weight is 466 g/mol. The highest BCUT2D eigenvalue weighted by Gasteiger charge is 2.33. The van der Waals surface area contributed by atoms with E-state index in [2.05, 4.69) is 15.5 Å². The fourth-order valence-corrected chi connectivity index (χ4v) is 4.76. The van der Waals surface area contributed by atoms with Crippen LogP contribution in [0.3, 0.4) is 0 Å². The summed E-state index contributed by atoms with van der Waals surface area (Å²) in [7, 11) is -3.97. The number of sulfonamides is 1. The molecule has 0 saturated carbocycles. The molecular formula is C19H17F3N6O3S. The van der Waals surface area contributed by atoms with Crippen LogP contribution in [0.15, 0.2) is 59.8 Å². The Balaban J connectivity index is 1.44. The maximum Gasteiger partial charge on any atom is 0.416 e. The lowest BCUT2D eigenvalue weighted by Crippen LogP contribution is -2.50. The van der Waals surface area contributed by atoms with Gasteiger partial charge in [-0.05, 0) is 52.9 Å². The zero-order valence-corrected chi connectivity index (χ0v) is 17.3. The fraction of sp³-hybridized carbons (Fsp3) is 0.263. The number of hydrogen-bond donors (Lipinski definition) is 0. The van der Waals surface area contributed by atoms with Gasteiger partial charge in [0.1, 0.15) is 6.33 Å². The molecule has 0 atom stereocenters. The van der Waals surface area contributed by atoms with Crippen molar-refractivity contribution in [2.75, 3.05) is 26.2 Å². The molecule has 3 aromatic rings. The highest BCUT2D eigenvalue weighted by Crippen LogP contribution is 2.30. The van der Waals surface area contributed by atoms with Gasteiger partial charge in [-0.15, -0.1) is 5.10 Å². The van der Waals surface area contributed by atoms with Crippen molar-refractivity contribution in [1.82, 2.24) is 29.4 Å². The van der Waals surface area contributed by atoms with Gasteiger partial charge in [0.05, 0.1) is 16.1 Å². The van der Waals surface area contributed by atoms with Crippen LogP contribution in [0, 0.1) is 0 Å². The number of piperazine rings is 1. The summed E-state index contributed by atoms with van der Waals surface area (Å²) < 4.78 is 66.3. The molecule has 0 spiro atoms. The molecular weight excluding hydrogens is 449 g/mol. The number of nitrogens with zero attached hydrogens (tertiary/aromatic N) is 6. The van der Waals surface area contributed by atoms with Crippen molar-refractivity contribution < 1.29 is 26.4 Å². The van der Waals surface area contributed by atoms with Gasteiger partial charge in [0.2, 0.25) is 10.0 Å². The van der Waals surface area contributed by atoms with E-state index in [1.807, 2.05) is 0 Å². The monoisotopic (exact) mass is 466 g/mol. The number of tetrazole rings is 1. The number of rotatable bonds is 4. The lowest BCUT2D eigenvalue weighted by Gasteiger charge is -2.34. The van der Waals surface area contributed by atoms with E-state index in [1.54, 1.807) is 24.3 Å². The maximum atomic E-state index is 12.9. The largest absolute Gasteiger partial charge is 0.416 e. The molecule has 1 aliphatic heterocycles. The van der Waals surface area contributed by atoms with Gasteiger partial charge in [0.25, 0.3) is 5.91 Å². The van der Waals surface area contributed by atoms with Gasteiger partial charge < -0.3 is 4.90 Å². The van der Waals surface area contributed by atoms with Gasteiger partial charge in [0.15, 0.2) is 0 Å². The molecule has 1 amide bonds. The molecule has 1 aromatic heterocycles. The molecule has 0 aliphatic carbocycles.